The van der Waals surface area contributed by atoms with Crippen molar-refractivity contribution < 1.29 is 9.59 Å². The van der Waals surface area contributed by atoms with Crippen LogP contribution >= 0.6 is 0 Å². The Hall–Kier alpha value is -1.88. The molecule has 5 heteroatoms. The fourth-order valence-electron chi connectivity index (χ4n) is 2.51. The van der Waals surface area contributed by atoms with Gasteiger partial charge in [0.1, 0.15) is 0 Å². The van der Waals surface area contributed by atoms with E-state index in [4.69, 9.17) is 5.73 Å². The third-order valence-corrected chi connectivity index (χ3v) is 3.61. The Morgan fingerprint density at radius 2 is 2.19 bits per heavy atom. The van der Waals surface area contributed by atoms with E-state index in [-0.39, 0.29) is 17.9 Å². The second-order valence-electron chi connectivity index (χ2n) is 5.58. The molecule has 1 unspecified atom stereocenters. The van der Waals surface area contributed by atoms with Gasteiger partial charge in [-0.3, -0.25) is 9.59 Å². The third kappa shape index (κ3) is 4.29. The van der Waals surface area contributed by atoms with Crippen LogP contribution in [0.1, 0.15) is 39.0 Å². The van der Waals surface area contributed by atoms with Gasteiger partial charge in [-0.2, -0.15) is 0 Å². The Morgan fingerprint density at radius 3 is 2.86 bits per heavy atom. The molecule has 21 heavy (non-hydrogen) atoms. The first-order chi connectivity index (χ1) is 10.1. The Morgan fingerprint density at radius 1 is 1.43 bits per heavy atom. The zero-order valence-corrected chi connectivity index (χ0v) is 12.5. The first kappa shape index (κ1) is 15.5. The van der Waals surface area contributed by atoms with Crippen molar-refractivity contribution in [2.75, 3.05) is 16.8 Å². The number of amides is 2. The summed E-state index contributed by atoms with van der Waals surface area (Å²) < 4.78 is 0. The lowest BCUT2D eigenvalue weighted by Crippen LogP contribution is -2.25. The van der Waals surface area contributed by atoms with Crippen LogP contribution in [0.2, 0.25) is 0 Å². The zero-order chi connectivity index (χ0) is 15.2. The van der Waals surface area contributed by atoms with Crippen LogP contribution in [0.15, 0.2) is 24.3 Å². The fraction of sp³-hybridized carbons (Fsp3) is 0.500. The maximum atomic E-state index is 12.0. The van der Waals surface area contributed by atoms with E-state index >= 15 is 0 Å². The molecule has 1 atom stereocenters. The number of hydrogen-bond acceptors (Lipinski definition) is 3. The molecule has 1 fully saturated rings. The van der Waals surface area contributed by atoms with E-state index < -0.39 is 0 Å². The Kier molecular flexibility index (Phi) is 5.33. The second kappa shape index (κ2) is 7.22. The number of carbonyl (C=O) groups is 2. The molecule has 1 aliphatic rings. The molecule has 0 aromatic heterocycles. The number of carbonyl (C=O) groups excluding carboxylic acids is 2. The molecule has 1 saturated heterocycles. The summed E-state index contributed by atoms with van der Waals surface area (Å²) >= 11 is 0. The Bertz CT molecular complexity index is 514. The molecule has 0 saturated carbocycles. The molecule has 1 aromatic carbocycles. The molecule has 1 heterocycles. The van der Waals surface area contributed by atoms with Gasteiger partial charge in [-0.15, -0.1) is 0 Å². The highest BCUT2D eigenvalue weighted by Crippen LogP contribution is 2.29. The van der Waals surface area contributed by atoms with Gasteiger partial charge in [0.2, 0.25) is 11.8 Å². The van der Waals surface area contributed by atoms with Crippen LogP contribution in [0.5, 0.6) is 0 Å². The van der Waals surface area contributed by atoms with E-state index in [0.717, 1.165) is 31.5 Å². The van der Waals surface area contributed by atoms with Crippen molar-refractivity contribution in [3.05, 3.63) is 24.3 Å². The lowest BCUT2D eigenvalue weighted by Gasteiger charge is -2.20. The second-order valence-corrected chi connectivity index (χ2v) is 5.58. The van der Waals surface area contributed by atoms with Gasteiger partial charge in [0.05, 0.1) is 11.4 Å². The number of para-hydroxylation sites is 2. The zero-order valence-electron chi connectivity index (χ0n) is 12.5. The molecular weight excluding hydrogens is 266 g/mol. The molecular formula is C16H23N3O2. The highest BCUT2D eigenvalue weighted by molar-refractivity contribution is 6.02. The number of nitrogens with two attached hydrogens (primary N) is 1. The first-order valence-electron chi connectivity index (χ1n) is 7.53. The SMILES string of the molecule is CC(N)CCCC(=O)Nc1ccccc1N1CCCC1=O. The number of hydrogen-bond donors (Lipinski definition) is 2. The molecule has 1 aromatic rings. The summed E-state index contributed by atoms with van der Waals surface area (Å²) in [5.41, 5.74) is 7.18. The van der Waals surface area contributed by atoms with Gasteiger partial charge in [-0.25, -0.2) is 0 Å². The normalized spacial score (nSPS) is 16.1. The fourth-order valence-corrected chi connectivity index (χ4v) is 2.51. The molecule has 0 radical (unpaired) electrons. The topological polar surface area (TPSA) is 75.4 Å². The van der Waals surface area contributed by atoms with Crippen molar-refractivity contribution in [1.82, 2.24) is 0 Å². The Balaban J connectivity index is 2.00. The van der Waals surface area contributed by atoms with Gasteiger partial charge in [0, 0.05) is 25.4 Å². The molecule has 3 N–H and O–H groups in total. The molecule has 5 nitrogen and oxygen atoms in total. The lowest BCUT2D eigenvalue weighted by atomic mass is 10.1. The molecule has 0 spiro atoms. The predicted molar refractivity (Wildman–Crippen MR) is 84.2 cm³/mol. The predicted octanol–water partition coefficient (Wildman–Crippen LogP) is 2.27. The van der Waals surface area contributed by atoms with Crippen molar-refractivity contribution in [3.8, 4) is 0 Å². The van der Waals surface area contributed by atoms with Gasteiger partial charge < -0.3 is 16.0 Å². The van der Waals surface area contributed by atoms with Crippen molar-refractivity contribution in [3.63, 3.8) is 0 Å². The van der Waals surface area contributed by atoms with Gasteiger partial charge in [0.25, 0.3) is 0 Å². The number of anilines is 2. The lowest BCUT2D eigenvalue weighted by molar-refractivity contribution is -0.117. The summed E-state index contributed by atoms with van der Waals surface area (Å²) in [6, 6.07) is 7.58. The molecule has 2 amide bonds. The quantitative estimate of drug-likeness (QED) is 0.843. The third-order valence-electron chi connectivity index (χ3n) is 3.61. The van der Waals surface area contributed by atoms with E-state index in [0.29, 0.717) is 18.5 Å². The van der Waals surface area contributed by atoms with Gasteiger partial charge in [-0.05, 0) is 38.3 Å². The summed E-state index contributed by atoms with van der Waals surface area (Å²) in [7, 11) is 0. The van der Waals surface area contributed by atoms with Crippen LogP contribution in [0.4, 0.5) is 11.4 Å². The standard InChI is InChI=1S/C16H23N3O2/c1-12(17)6-4-9-15(20)18-13-7-2-3-8-14(13)19-11-5-10-16(19)21/h2-3,7-8,12H,4-6,9-11,17H2,1H3,(H,18,20). The molecule has 0 aliphatic carbocycles. The van der Waals surface area contributed by atoms with Crippen LogP contribution in [0.25, 0.3) is 0 Å². The maximum absolute atomic E-state index is 12.0. The van der Waals surface area contributed by atoms with Crippen LogP contribution < -0.4 is 16.0 Å². The largest absolute Gasteiger partial charge is 0.328 e. The average Bonchev–Trinajstić information content (AvgIpc) is 2.85. The van der Waals surface area contributed by atoms with Crippen LogP contribution in [0.3, 0.4) is 0 Å². The summed E-state index contributed by atoms with van der Waals surface area (Å²) in [5, 5.41) is 2.91. The minimum atomic E-state index is -0.0326. The van der Waals surface area contributed by atoms with E-state index in [9.17, 15) is 9.59 Å². The number of benzene rings is 1. The molecule has 0 bridgehead atoms. The van der Waals surface area contributed by atoms with Crippen molar-refractivity contribution in [2.45, 2.75) is 45.1 Å². The van der Waals surface area contributed by atoms with Crippen LogP contribution in [-0.2, 0) is 9.59 Å². The highest BCUT2D eigenvalue weighted by atomic mass is 16.2. The number of nitrogens with one attached hydrogen (secondary N) is 1. The molecule has 2 rings (SSSR count). The molecule has 114 valence electrons. The summed E-state index contributed by atoms with van der Waals surface area (Å²) in [6.45, 7) is 2.66. The minimum absolute atomic E-state index is 0.0326. The van der Waals surface area contributed by atoms with E-state index in [1.165, 1.54) is 0 Å². The summed E-state index contributed by atoms with van der Waals surface area (Å²) in [6.07, 6.45) is 3.50. The maximum Gasteiger partial charge on any atom is 0.227 e. The van der Waals surface area contributed by atoms with Gasteiger partial charge in [0.15, 0.2) is 0 Å². The van der Waals surface area contributed by atoms with Crippen molar-refractivity contribution in [1.29, 1.82) is 0 Å². The van der Waals surface area contributed by atoms with E-state index in [1.54, 1.807) is 4.90 Å². The minimum Gasteiger partial charge on any atom is -0.328 e. The monoisotopic (exact) mass is 289 g/mol. The first-order valence-corrected chi connectivity index (χ1v) is 7.53. The van der Waals surface area contributed by atoms with Crippen LogP contribution in [-0.4, -0.2) is 24.4 Å². The Labute approximate surface area is 125 Å². The van der Waals surface area contributed by atoms with Crippen molar-refractivity contribution in [2.24, 2.45) is 5.73 Å². The van der Waals surface area contributed by atoms with E-state index in [2.05, 4.69) is 5.32 Å². The summed E-state index contributed by atoms with van der Waals surface area (Å²) in [5.74, 6) is 0.0865. The number of nitrogens with zero attached hydrogens (tertiary/aromatic N) is 1. The molecule has 1 aliphatic heterocycles. The van der Waals surface area contributed by atoms with Crippen molar-refractivity contribution >= 4 is 23.2 Å². The van der Waals surface area contributed by atoms with Gasteiger partial charge in [-0.1, -0.05) is 12.1 Å². The highest BCUT2D eigenvalue weighted by Gasteiger charge is 2.24. The summed E-state index contributed by atoms with van der Waals surface area (Å²) in [4.78, 5) is 25.6. The number of rotatable bonds is 6. The smallest absolute Gasteiger partial charge is 0.227 e. The van der Waals surface area contributed by atoms with Crippen LogP contribution in [0, 0.1) is 0 Å². The van der Waals surface area contributed by atoms with Gasteiger partial charge >= 0.3 is 0 Å². The average molecular weight is 289 g/mol. The van der Waals surface area contributed by atoms with E-state index in [1.807, 2.05) is 31.2 Å².